The maximum absolute atomic E-state index is 13.6. The Balaban J connectivity index is 1.27. The summed E-state index contributed by atoms with van der Waals surface area (Å²) in [6.45, 7) is 0. The van der Waals surface area contributed by atoms with Crippen LogP contribution in [0.4, 0.5) is 0 Å². The predicted octanol–water partition coefficient (Wildman–Crippen LogP) is 7.51. The van der Waals surface area contributed by atoms with E-state index in [1.165, 1.54) is 48.5 Å². The molecule has 4 unspecified atom stereocenters. The maximum Gasteiger partial charge on any atom is 0.326 e. The Hall–Kier alpha value is -12.9. The predicted molar refractivity (Wildman–Crippen MR) is 344 cm³/mol. The minimum Gasteiger partial charge on any atom is -0.481 e. The van der Waals surface area contributed by atoms with Crippen LogP contribution in [-0.2, 0) is 38.4 Å². The van der Waals surface area contributed by atoms with E-state index in [2.05, 4.69) is 31.2 Å². The number of carbonyl (C=O) groups excluding carboxylic acids is 4. The van der Waals surface area contributed by atoms with Crippen LogP contribution in [0.3, 0.4) is 0 Å². The van der Waals surface area contributed by atoms with E-state index < -0.39 is 147 Å². The number of H-pyrrole nitrogens is 2. The van der Waals surface area contributed by atoms with Gasteiger partial charge < -0.3 is 72.1 Å². The molecule has 96 heavy (non-hydrogen) atoms. The molecule has 4 amide bonds. The Morgan fingerprint density at radius 3 is 0.646 bits per heavy atom. The number of hydrogen-bond donors (Lipinski definition) is 14. The third kappa shape index (κ3) is 16.2. The highest BCUT2D eigenvalue weighted by Gasteiger charge is 2.28. The van der Waals surface area contributed by atoms with E-state index in [0.717, 1.165) is 0 Å². The van der Waals surface area contributed by atoms with E-state index in [-0.39, 0.29) is 22.3 Å². The van der Waals surface area contributed by atoms with Gasteiger partial charge in [-0.2, -0.15) is 0 Å². The number of nitrogens with zero attached hydrogens (tertiary/aromatic N) is 2. The lowest BCUT2D eigenvalue weighted by atomic mass is 10.0. The second-order valence-corrected chi connectivity index (χ2v) is 22.0. The van der Waals surface area contributed by atoms with Crippen LogP contribution in [0.15, 0.2) is 121 Å². The maximum atomic E-state index is 13.6. The number of fused-ring (bicyclic) bond motifs is 8. The summed E-state index contributed by atoms with van der Waals surface area (Å²) >= 11 is 0. The van der Waals surface area contributed by atoms with Crippen LogP contribution >= 0.6 is 0 Å². The van der Waals surface area contributed by atoms with Crippen LogP contribution in [0.2, 0.25) is 0 Å². The molecule has 5 heterocycles. The van der Waals surface area contributed by atoms with Gasteiger partial charge in [0.2, 0.25) is 0 Å². The van der Waals surface area contributed by atoms with E-state index in [9.17, 15) is 98.4 Å². The normalized spacial score (nSPS) is 12.7. The monoisotopic (exact) mass is 1310 g/mol. The quantitative estimate of drug-likeness (QED) is 0.0225. The van der Waals surface area contributed by atoms with E-state index >= 15 is 0 Å². The van der Waals surface area contributed by atoms with E-state index in [0.29, 0.717) is 89.4 Å². The molecule has 2 aliphatic rings. The number of nitrogens with one attached hydrogen (secondary N) is 6. The Morgan fingerprint density at radius 1 is 0.292 bits per heavy atom. The zero-order chi connectivity index (χ0) is 69.1. The second-order valence-electron chi connectivity index (χ2n) is 22.0. The highest BCUT2D eigenvalue weighted by molar-refractivity contribution is 6.04. The number of carboxylic acid groups (broad SMARTS) is 8. The standard InChI is InChI=1S/C68H58N8O20/c77-53(78)29-25-49(65(89)90)73-61(85)37-9-1-33(2-10-37)57-41-17-19-43(69-41)58(34-3-11-38(12-4-34)62(86)74-50(66(91)92)26-30-54(79)80)45-21-23-47(71-45)60(36-7-15-40(16-8-36)64(88)76-52(68(95)96)28-32-56(83)84)48-24-22-46(72-48)59(44-20-18-42(57)70-44)35-5-13-39(14-6-35)63(87)75-51(67(93)94)27-31-55(81)82/h1-24,49-52,69,72H,25-32H2,(H,73,85)(H,74,86)(H,75,87)(H,76,88)(H,77,78)(H,79,80)(H,81,82)(H,83,84)(H,89,90)(H,91,92)(H,93,94)(H,95,96). The van der Waals surface area contributed by atoms with Crippen molar-refractivity contribution in [2.45, 2.75) is 75.5 Å². The summed E-state index contributed by atoms with van der Waals surface area (Å²) in [6, 6.07) is 25.1. The van der Waals surface area contributed by atoms with Crippen molar-refractivity contribution in [1.29, 1.82) is 0 Å². The number of aliphatic carboxylic acids is 8. The summed E-state index contributed by atoms with van der Waals surface area (Å²) < 4.78 is 0. The Morgan fingerprint density at radius 2 is 0.479 bits per heavy atom. The van der Waals surface area contributed by atoms with Crippen molar-refractivity contribution in [1.82, 2.24) is 41.2 Å². The van der Waals surface area contributed by atoms with E-state index in [4.69, 9.17) is 9.97 Å². The number of benzene rings is 4. The average Bonchev–Trinajstić information content (AvgIpc) is 1.62. The molecule has 9 rings (SSSR count). The summed E-state index contributed by atoms with van der Waals surface area (Å²) in [5.41, 5.74) is 6.75. The van der Waals surface area contributed by atoms with Crippen molar-refractivity contribution in [2.24, 2.45) is 0 Å². The molecule has 0 saturated carbocycles. The fourth-order valence-electron chi connectivity index (χ4n) is 10.6. The van der Waals surface area contributed by atoms with Crippen molar-refractivity contribution in [3.63, 3.8) is 0 Å². The number of hydrogen-bond acceptors (Lipinski definition) is 14. The van der Waals surface area contributed by atoms with Gasteiger partial charge in [-0.15, -0.1) is 0 Å². The average molecular weight is 1310 g/mol. The van der Waals surface area contributed by atoms with Crippen molar-refractivity contribution in [3.05, 3.63) is 166 Å². The number of aromatic amines is 2. The number of rotatable bonds is 28. The number of aromatic nitrogens is 4. The van der Waals surface area contributed by atoms with Gasteiger partial charge in [0.05, 0.1) is 22.8 Å². The smallest absolute Gasteiger partial charge is 0.326 e. The molecule has 7 aromatic rings. The summed E-state index contributed by atoms with van der Waals surface area (Å²) in [6.07, 6.45) is 3.17. The van der Waals surface area contributed by atoms with Gasteiger partial charge in [-0.1, -0.05) is 48.5 Å². The number of carboxylic acids is 8. The third-order valence-corrected chi connectivity index (χ3v) is 15.5. The molecule has 3 aromatic heterocycles. The van der Waals surface area contributed by atoms with Gasteiger partial charge in [-0.25, -0.2) is 29.1 Å². The first-order valence-corrected chi connectivity index (χ1v) is 29.4. The van der Waals surface area contributed by atoms with Crippen molar-refractivity contribution in [3.8, 4) is 44.5 Å². The van der Waals surface area contributed by atoms with Crippen LogP contribution in [0, 0.1) is 0 Å². The summed E-state index contributed by atoms with van der Waals surface area (Å²) in [5, 5.41) is 85.6. The van der Waals surface area contributed by atoms with Crippen LogP contribution in [0.1, 0.15) is 116 Å². The van der Waals surface area contributed by atoms with Gasteiger partial charge in [0.1, 0.15) is 24.2 Å². The molecule has 4 atom stereocenters. The molecule has 0 radical (unpaired) electrons. The SMILES string of the molecule is O=C(O)CCC(NC(=O)c1ccc(-c2c3nc(c(-c4ccc(C(=O)NC(CCC(=O)O)C(=O)O)cc4)c4ccc([nH]4)c(-c4ccc(C(=O)NC(CCC(=O)O)C(=O)O)cc4)c4nc(c(-c5ccc(C(=O)NC(CCC(=O)O)C(=O)O)cc5)c5ccc2[nH]5)C=C4)C=C3)cc1)C(=O)O. The third-order valence-electron chi connectivity index (χ3n) is 15.5. The second kappa shape index (κ2) is 29.6. The molecule has 4 aromatic carbocycles. The molecular formula is C68H58N8O20. The lowest BCUT2D eigenvalue weighted by Crippen LogP contribution is -2.41. The molecule has 0 spiro atoms. The molecule has 490 valence electrons. The van der Waals surface area contributed by atoms with Crippen molar-refractivity contribution >= 4 is 118 Å². The Labute approximate surface area is 541 Å². The minimum absolute atomic E-state index is 0.0209. The molecule has 28 heteroatoms. The Bertz CT molecular complexity index is 3990. The molecule has 0 aliphatic carbocycles. The summed E-state index contributed by atoms with van der Waals surface area (Å²) in [5.74, 6) is -14.1. The fourth-order valence-corrected chi connectivity index (χ4v) is 10.6. The van der Waals surface area contributed by atoms with Gasteiger partial charge in [0.25, 0.3) is 23.6 Å². The zero-order valence-corrected chi connectivity index (χ0v) is 50.2. The number of amides is 4. The summed E-state index contributed by atoms with van der Waals surface area (Å²) in [4.78, 5) is 165. The topological polar surface area (TPSA) is 472 Å². The van der Waals surface area contributed by atoms with Gasteiger partial charge in [0.15, 0.2) is 0 Å². The van der Waals surface area contributed by atoms with Crippen LogP contribution in [0.5, 0.6) is 0 Å². The first-order valence-electron chi connectivity index (χ1n) is 29.4. The first-order chi connectivity index (χ1) is 45.8. The van der Waals surface area contributed by atoms with Gasteiger partial charge >= 0.3 is 47.8 Å². The van der Waals surface area contributed by atoms with E-state index in [1.807, 2.05) is 0 Å². The zero-order valence-electron chi connectivity index (χ0n) is 50.2. The largest absolute Gasteiger partial charge is 0.481 e. The van der Waals surface area contributed by atoms with Gasteiger partial charge in [0, 0.05) is 92.3 Å². The number of carbonyl (C=O) groups is 12. The molecule has 28 nitrogen and oxygen atoms in total. The van der Waals surface area contributed by atoms with Crippen LogP contribution in [-0.4, -0.2) is 156 Å². The molecule has 0 fully saturated rings. The minimum atomic E-state index is -1.53. The summed E-state index contributed by atoms with van der Waals surface area (Å²) in [7, 11) is 0. The Kier molecular flexibility index (Phi) is 20.8. The van der Waals surface area contributed by atoms with Gasteiger partial charge in [-0.05, 0) is 145 Å². The van der Waals surface area contributed by atoms with Crippen LogP contribution < -0.4 is 21.3 Å². The lowest BCUT2D eigenvalue weighted by molar-refractivity contribution is -0.142. The molecule has 0 saturated heterocycles. The van der Waals surface area contributed by atoms with Crippen molar-refractivity contribution < 1.29 is 98.4 Å². The molecule has 2 aliphatic heterocycles. The molecule has 8 bridgehead atoms. The first kappa shape index (κ1) is 67.5. The van der Waals surface area contributed by atoms with Crippen molar-refractivity contribution in [2.75, 3.05) is 0 Å². The highest BCUT2D eigenvalue weighted by atomic mass is 16.4. The molecular weight excluding hydrogens is 1250 g/mol. The fraction of sp³-hybridized carbons (Fsp3) is 0.176. The lowest BCUT2D eigenvalue weighted by Gasteiger charge is -2.14. The highest BCUT2D eigenvalue weighted by Crippen LogP contribution is 2.39. The van der Waals surface area contributed by atoms with E-state index in [1.54, 1.807) is 97.1 Å². The molecule has 14 N–H and O–H groups in total. The van der Waals surface area contributed by atoms with Crippen LogP contribution in [0.25, 0.3) is 90.9 Å². The van der Waals surface area contributed by atoms with Gasteiger partial charge in [-0.3, -0.25) is 38.4 Å².